The summed E-state index contributed by atoms with van der Waals surface area (Å²) in [4.78, 5) is 1.38. The molecule has 114 valence electrons. The van der Waals surface area contributed by atoms with E-state index in [4.69, 9.17) is 5.73 Å². The highest BCUT2D eigenvalue weighted by atomic mass is 32.2. The topological polar surface area (TPSA) is 84.2 Å². The van der Waals surface area contributed by atoms with Crippen molar-refractivity contribution in [1.29, 1.82) is 0 Å². The molecule has 2 aromatic rings. The van der Waals surface area contributed by atoms with Crippen molar-refractivity contribution in [1.82, 2.24) is 4.72 Å². The van der Waals surface area contributed by atoms with Crippen LogP contribution in [0.15, 0.2) is 34.5 Å². The standard InChI is InChI=1S/C14H19N3O2S2/c1-3-10-6-7-20-13(10)9-17-12-5-4-11(15)8-14(12)21(18,19)16-2/h4-8,16-17H,3,9,15H2,1-2H3. The molecule has 0 saturated heterocycles. The molecule has 1 heterocycles. The lowest BCUT2D eigenvalue weighted by atomic mass is 10.2. The monoisotopic (exact) mass is 325 g/mol. The van der Waals surface area contributed by atoms with Crippen molar-refractivity contribution < 1.29 is 8.42 Å². The maximum Gasteiger partial charge on any atom is 0.242 e. The summed E-state index contributed by atoms with van der Waals surface area (Å²) in [6.07, 6.45) is 0.962. The van der Waals surface area contributed by atoms with E-state index in [0.29, 0.717) is 17.9 Å². The van der Waals surface area contributed by atoms with Gasteiger partial charge in [-0.2, -0.15) is 0 Å². The number of benzene rings is 1. The van der Waals surface area contributed by atoms with Gasteiger partial charge in [0.25, 0.3) is 0 Å². The Kier molecular flexibility index (Phi) is 4.87. The number of hydrogen-bond donors (Lipinski definition) is 3. The zero-order valence-electron chi connectivity index (χ0n) is 12.0. The lowest BCUT2D eigenvalue weighted by Crippen LogP contribution is -2.20. The fourth-order valence-corrected chi connectivity index (χ4v) is 3.89. The third-order valence-electron chi connectivity index (χ3n) is 3.22. The summed E-state index contributed by atoms with van der Waals surface area (Å²) in [6, 6.07) is 6.93. The van der Waals surface area contributed by atoms with Crippen LogP contribution in [0.25, 0.3) is 0 Å². The van der Waals surface area contributed by atoms with Gasteiger partial charge in [0.05, 0.1) is 5.69 Å². The number of hydrogen-bond acceptors (Lipinski definition) is 5. The summed E-state index contributed by atoms with van der Waals surface area (Å²) in [5.41, 5.74) is 7.94. The predicted octanol–water partition coefficient (Wildman–Crippen LogP) is 2.41. The van der Waals surface area contributed by atoms with Crippen LogP contribution in [0.5, 0.6) is 0 Å². The normalized spacial score (nSPS) is 11.5. The Morgan fingerprint density at radius 3 is 2.71 bits per heavy atom. The fraction of sp³-hybridized carbons (Fsp3) is 0.286. The second kappa shape index (κ2) is 6.46. The first-order chi connectivity index (χ1) is 9.97. The number of aryl methyl sites for hydroxylation is 1. The minimum Gasteiger partial charge on any atom is -0.399 e. The van der Waals surface area contributed by atoms with Crippen LogP contribution in [-0.2, 0) is 23.0 Å². The van der Waals surface area contributed by atoms with E-state index in [1.54, 1.807) is 23.5 Å². The van der Waals surface area contributed by atoms with Crippen molar-refractivity contribution in [2.24, 2.45) is 0 Å². The number of sulfonamides is 1. The molecule has 0 fully saturated rings. The molecule has 0 aliphatic carbocycles. The minimum atomic E-state index is -3.55. The number of thiophene rings is 1. The molecule has 0 amide bonds. The molecule has 21 heavy (non-hydrogen) atoms. The van der Waals surface area contributed by atoms with Crippen molar-refractivity contribution in [3.8, 4) is 0 Å². The summed E-state index contributed by atoms with van der Waals surface area (Å²) >= 11 is 1.66. The van der Waals surface area contributed by atoms with E-state index in [2.05, 4.69) is 23.0 Å². The summed E-state index contributed by atoms with van der Waals surface area (Å²) in [5.74, 6) is 0. The number of nitrogens with one attached hydrogen (secondary N) is 2. The van der Waals surface area contributed by atoms with Crippen molar-refractivity contribution >= 4 is 32.7 Å². The van der Waals surface area contributed by atoms with Gasteiger partial charge in [0.1, 0.15) is 4.90 Å². The lowest BCUT2D eigenvalue weighted by molar-refractivity contribution is 0.588. The Morgan fingerprint density at radius 1 is 1.29 bits per heavy atom. The molecule has 0 atom stereocenters. The van der Waals surface area contributed by atoms with E-state index in [0.717, 1.165) is 6.42 Å². The molecule has 0 aliphatic rings. The molecule has 1 aromatic heterocycles. The smallest absolute Gasteiger partial charge is 0.242 e. The Labute approximate surface area is 129 Å². The molecule has 5 nitrogen and oxygen atoms in total. The van der Waals surface area contributed by atoms with Gasteiger partial charge in [0, 0.05) is 17.1 Å². The summed E-state index contributed by atoms with van der Waals surface area (Å²) < 4.78 is 26.4. The summed E-state index contributed by atoms with van der Waals surface area (Å²) in [5, 5.41) is 5.24. The van der Waals surface area contributed by atoms with Crippen molar-refractivity contribution in [3.05, 3.63) is 40.1 Å². The minimum absolute atomic E-state index is 0.166. The molecule has 4 N–H and O–H groups in total. The molecule has 2 rings (SSSR count). The summed E-state index contributed by atoms with van der Waals surface area (Å²) in [6.45, 7) is 2.70. The van der Waals surface area contributed by atoms with Crippen LogP contribution in [0.2, 0.25) is 0 Å². The first-order valence-electron chi connectivity index (χ1n) is 6.60. The van der Waals surface area contributed by atoms with Gasteiger partial charge >= 0.3 is 0 Å². The van der Waals surface area contributed by atoms with Crippen LogP contribution in [0.4, 0.5) is 11.4 Å². The maximum atomic E-state index is 12.1. The third kappa shape index (κ3) is 3.55. The van der Waals surface area contributed by atoms with Crippen LogP contribution >= 0.6 is 11.3 Å². The third-order valence-corrected chi connectivity index (χ3v) is 5.64. The molecule has 0 radical (unpaired) electrons. The Bertz CT molecular complexity index is 724. The highest BCUT2D eigenvalue weighted by Crippen LogP contribution is 2.26. The Morgan fingerprint density at radius 2 is 2.05 bits per heavy atom. The largest absolute Gasteiger partial charge is 0.399 e. The molecule has 0 aliphatic heterocycles. The van der Waals surface area contributed by atoms with E-state index in [1.165, 1.54) is 23.6 Å². The van der Waals surface area contributed by atoms with Gasteiger partial charge in [-0.05, 0) is 48.7 Å². The highest BCUT2D eigenvalue weighted by Gasteiger charge is 2.17. The van der Waals surface area contributed by atoms with Crippen molar-refractivity contribution in [3.63, 3.8) is 0 Å². The number of nitrogens with two attached hydrogens (primary N) is 1. The number of anilines is 2. The fourth-order valence-electron chi connectivity index (χ4n) is 2.03. The van der Waals surface area contributed by atoms with Gasteiger partial charge in [0.2, 0.25) is 10.0 Å². The predicted molar refractivity (Wildman–Crippen MR) is 88.1 cm³/mol. The van der Waals surface area contributed by atoms with Crippen LogP contribution in [0.3, 0.4) is 0 Å². The Hall–Kier alpha value is -1.57. The van der Waals surface area contributed by atoms with Crippen molar-refractivity contribution in [2.75, 3.05) is 18.1 Å². The first kappa shape index (κ1) is 15.8. The molecule has 0 unspecified atom stereocenters. The van der Waals surface area contributed by atoms with Gasteiger partial charge in [0.15, 0.2) is 0 Å². The molecular weight excluding hydrogens is 306 g/mol. The van der Waals surface area contributed by atoms with E-state index < -0.39 is 10.0 Å². The molecule has 0 spiro atoms. The first-order valence-corrected chi connectivity index (χ1v) is 8.96. The van der Waals surface area contributed by atoms with Crippen molar-refractivity contribution in [2.45, 2.75) is 24.8 Å². The van der Waals surface area contributed by atoms with Crippen LogP contribution in [0.1, 0.15) is 17.4 Å². The number of rotatable bonds is 6. The SMILES string of the molecule is CCc1ccsc1CNc1ccc(N)cc1S(=O)(=O)NC. The molecule has 0 saturated carbocycles. The lowest BCUT2D eigenvalue weighted by Gasteiger charge is -2.13. The molecule has 7 heteroatoms. The zero-order chi connectivity index (χ0) is 15.5. The Balaban J connectivity index is 2.28. The van der Waals surface area contributed by atoms with E-state index >= 15 is 0 Å². The van der Waals surface area contributed by atoms with Crippen LogP contribution < -0.4 is 15.8 Å². The second-order valence-electron chi connectivity index (χ2n) is 4.54. The van der Waals surface area contributed by atoms with Gasteiger partial charge in [-0.15, -0.1) is 11.3 Å². The van der Waals surface area contributed by atoms with Gasteiger partial charge in [-0.3, -0.25) is 0 Å². The number of nitrogen functional groups attached to an aromatic ring is 1. The van der Waals surface area contributed by atoms with E-state index in [1.807, 2.05) is 5.38 Å². The summed E-state index contributed by atoms with van der Waals surface area (Å²) in [7, 11) is -2.16. The molecular formula is C14H19N3O2S2. The molecule has 1 aromatic carbocycles. The maximum absolute atomic E-state index is 12.1. The zero-order valence-corrected chi connectivity index (χ0v) is 13.6. The van der Waals surface area contributed by atoms with E-state index in [-0.39, 0.29) is 4.90 Å². The average Bonchev–Trinajstić information content (AvgIpc) is 2.93. The highest BCUT2D eigenvalue weighted by molar-refractivity contribution is 7.89. The average molecular weight is 325 g/mol. The van der Waals surface area contributed by atoms with Crippen LogP contribution in [0, 0.1) is 0 Å². The van der Waals surface area contributed by atoms with E-state index in [9.17, 15) is 8.42 Å². The van der Waals surface area contributed by atoms with Gasteiger partial charge in [-0.1, -0.05) is 6.92 Å². The quantitative estimate of drug-likeness (QED) is 0.712. The second-order valence-corrected chi connectivity index (χ2v) is 7.39. The van der Waals surface area contributed by atoms with Gasteiger partial charge < -0.3 is 11.1 Å². The molecule has 0 bridgehead atoms. The van der Waals surface area contributed by atoms with Crippen LogP contribution in [-0.4, -0.2) is 15.5 Å². The van der Waals surface area contributed by atoms with Gasteiger partial charge in [-0.25, -0.2) is 13.1 Å².